The van der Waals surface area contributed by atoms with Crippen LogP contribution < -0.4 is 0 Å². The van der Waals surface area contributed by atoms with E-state index in [1.54, 1.807) is 0 Å². The fourth-order valence-corrected chi connectivity index (χ4v) is 4.34. The van der Waals surface area contributed by atoms with Crippen molar-refractivity contribution >= 4 is 0 Å². The summed E-state index contributed by atoms with van der Waals surface area (Å²) < 4.78 is 0. The molecule has 126 valence electrons. The summed E-state index contributed by atoms with van der Waals surface area (Å²) in [5.74, 6) is 5.81. The molecule has 0 amide bonds. The molecule has 0 aromatic rings. The molecule has 1 rings (SSSR count). The second kappa shape index (κ2) is 9.90. The number of rotatable bonds is 9. The minimum atomic E-state index is 0.879. The van der Waals surface area contributed by atoms with Crippen LogP contribution in [0.4, 0.5) is 0 Å². The molecule has 1 fully saturated rings. The summed E-state index contributed by atoms with van der Waals surface area (Å²) in [7, 11) is 0. The Kier molecular flexibility index (Phi) is 8.98. The van der Waals surface area contributed by atoms with Gasteiger partial charge in [-0.15, -0.1) is 0 Å². The van der Waals surface area contributed by atoms with Crippen molar-refractivity contribution in [2.75, 3.05) is 0 Å². The van der Waals surface area contributed by atoms with Gasteiger partial charge in [0.2, 0.25) is 0 Å². The second-order valence-corrected chi connectivity index (χ2v) is 8.76. The van der Waals surface area contributed by atoms with Gasteiger partial charge in [-0.25, -0.2) is 0 Å². The van der Waals surface area contributed by atoms with E-state index in [0.717, 1.165) is 35.5 Å². The maximum absolute atomic E-state index is 2.52. The molecule has 2 unspecified atom stereocenters. The lowest BCUT2D eigenvalue weighted by Crippen LogP contribution is -2.25. The molecular formula is C21H42. The molecule has 0 heterocycles. The van der Waals surface area contributed by atoms with Crippen molar-refractivity contribution in [1.29, 1.82) is 0 Å². The van der Waals surface area contributed by atoms with Crippen molar-refractivity contribution < 1.29 is 0 Å². The summed E-state index contributed by atoms with van der Waals surface area (Å²) >= 11 is 0. The monoisotopic (exact) mass is 294 g/mol. The van der Waals surface area contributed by atoms with Crippen molar-refractivity contribution in [2.24, 2.45) is 35.5 Å². The summed E-state index contributed by atoms with van der Waals surface area (Å²) in [6.07, 6.45) is 13.3. The van der Waals surface area contributed by atoms with Gasteiger partial charge >= 0.3 is 0 Å². The van der Waals surface area contributed by atoms with Gasteiger partial charge in [0.1, 0.15) is 0 Å². The van der Waals surface area contributed by atoms with Gasteiger partial charge in [0.05, 0.1) is 0 Å². The van der Waals surface area contributed by atoms with Crippen LogP contribution in [-0.4, -0.2) is 0 Å². The fourth-order valence-electron chi connectivity index (χ4n) is 4.34. The van der Waals surface area contributed by atoms with E-state index in [4.69, 9.17) is 0 Å². The summed E-state index contributed by atoms with van der Waals surface area (Å²) in [5.41, 5.74) is 0. The van der Waals surface area contributed by atoms with E-state index in [1.165, 1.54) is 57.8 Å². The third kappa shape index (κ3) is 7.20. The molecule has 0 nitrogen and oxygen atoms in total. The molecule has 1 saturated carbocycles. The smallest absolute Gasteiger partial charge is 0.0386 e. The van der Waals surface area contributed by atoms with E-state index in [9.17, 15) is 0 Å². The molecule has 1 aliphatic rings. The van der Waals surface area contributed by atoms with Gasteiger partial charge in [-0.1, -0.05) is 67.2 Å². The average molecular weight is 295 g/mol. The van der Waals surface area contributed by atoms with Crippen LogP contribution in [0.25, 0.3) is 0 Å². The van der Waals surface area contributed by atoms with Gasteiger partial charge in [-0.05, 0) is 67.6 Å². The lowest BCUT2D eigenvalue weighted by molar-refractivity contribution is 0.150. The topological polar surface area (TPSA) is 0 Å². The van der Waals surface area contributed by atoms with Crippen molar-refractivity contribution in [3.05, 3.63) is 0 Å². The van der Waals surface area contributed by atoms with Gasteiger partial charge in [-0.2, -0.15) is 0 Å². The highest BCUT2D eigenvalue weighted by Gasteiger charge is 2.28. The van der Waals surface area contributed by atoms with Gasteiger partial charge in [-0.3, -0.25) is 0 Å². The summed E-state index contributed by atoms with van der Waals surface area (Å²) in [5, 5.41) is 0. The molecule has 1 aliphatic carbocycles. The Morgan fingerprint density at radius 1 is 0.667 bits per heavy atom. The maximum Gasteiger partial charge on any atom is -0.0386 e. The Labute approximate surface area is 135 Å². The second-order valence-electron chi connectivity index (χ2n) is 8.76. The van der Waals surface area contributed by atoms with Crippen molar-refractivity contribution in [1.82, 2.24) is 0 Å². The minimum Gasteiger partial charge on any atom is -0.0651 e. The Morgan fingerprint density at radius 3 is 1.62 bits per heavy atom. The molecule has 2 atom stereocenters. The number of hydrogen-bond acceptors (Lipinski definition) is 0. The van der Waals surface area contributed by atoms with Crippen LogP contribution in [0.3, 0.4) is 0 Å². The van der Waals surface area contributed by atoms with Gasteiger partial charge < -0.3 is 0 Å². The quantitative estimate of drug-likeness (QED) is 0.417. The Morgan fingerprint density at radius 2 is 1.14 bits per heavy atom. The van der Waals surface area contributed by atoms with Crippen LogP contribution in [0.2, 0.25) is 0 Å². The van der Waals surface area contributed by atoms with E-state index >= 15 is 0 Å². The van der Waals surface area contributed by atoms with Crippen molar-refractivity contribution in [3.8, 4) is 0 Å². The van der Waals surface area contributed by atoms with E-state index in [2.05, 4.69) is 41.5 Å². The fraction of sp³-hybridized carbons (Fsp3) is 1.00. The first-order valence-electron chi connectivity index (χ1n) is 9.93. The van der Waals surface area contributed by atoms with Crippen molar-refractivity contribution in [2.45, 2.75) is 99.3 Å². The Balaban J connectivity index is 2.32. The minimum absolute atomic E-state index is 0.879. The first-order valence-corrected chi connectivity index (χ1v) is 9.93. The lowest BCUT2D eigenvalue weighted by Gasteiger charge is -2.36. The third-order valence-corrected chi connectivity index (χ3v) is 6.13. The highest BCUT2D eigenvalue weighted by atomic mass is 14.3. The SMILES string of the molecule is CCC(CCC(C)C)C1CCC(C(C)CCC(C)C)CC1. The standard InChI is InChI=1S/C21H42/c1-7-19(11-9-17(4)5)21-14-12-20(13-15-21)18(6)10-8-16(2)3/h16-21H,7-15H2,1-6H3. The van der Waals surface area contributed by atoms with Crippen LogP contribution in [0.1, 0.15) is 99.3 Å². The molecule has 0 saturated heterocycles. The van der Waals surface area contributed by atoms with Crippen LogP contribution >= 0.6 is 0 Å². The first kappa shape index (κ1) is 19.0. The zero-order chi connectivity index (χ0) is 15.8. The molecule has 0 aromatic carbocycles. The highest BCUT2D eigenvalue weighted by molar-refractivity contribution is 4.80. The van der Waals surface area contributed by atoms with Crippen LogP contribution in [-0.2, 0) is 0 Å². The third-order valence-electron chi connectivity index (χ3n) is 6.13. The van der Waals surface area contributed by atoms with Crippen LogP contribution in [0, 0.1) is 35.5 Å². The van der Waals surface area contributed by atoms with Crippen LogP contribution in [0.15, 0.2) is 0 Å². The largest absolute Gasteiger partial charge is 0.0651 e. The van der Waals surface area contributed by atoms with E-state index in [0.29, 0.717) is 0 Å². The molecule has 0 bridgehead atoms. The lowest BCUT2D eigenvalue weighted by atomic mass is 9.69. The summed E-state index contributed by atoms with van der Waals surface area (Å²) in [6, 6.07) is 0. The van der Waals surface area contributed by atoms with Gasteiger partial charge in [0, 0.05) is 0 Å². The number of hydrogen-bond donors (Lipinski definition) is 0. The highest BCUT2D eigenvalue weighted by Crippen LogP contribution is 2.40. The average Bonchev–Trinajstić information content (AvgIpc) is 2.45. The van der Waals surface area contributed by atoms with Gasteiger partial charge in [0.15, 0.2) is 0 Å². The summed E-state index contributed by atoms with van der Waals surface area (Å²) in [6.45, 7) is 14.4. The molecule has 21 heavy (non-hydrogen) atoms. The molecule has 0 spiro atoms. The van der Waals surface area contributed by atoms with Crippen molar-refractivity contribution in [3.63, 3.8) is 0 Å². The first-order chi connectivity index (χ1) is 9.93. The molecule has 0 aromatic heterocycles. The zero-order valence-corrected chi connectivity index (χ0v) is 15.8. The molecule has 0 radical (unpaired) electrons. The summed E-state index contributed by atoms with van der Waals surface area (Å²) in [4.78, 5) is 0. The zero-order valence-electron chi connectivity index (χ0n) is 15.8. The van der Waals surface area contributed by atoms with E-state index < -0.39 is 0 Å². The predicted molar refractivity (Wildman–Crippen MR) is 96.5 cm³/mol. The maximum atomic E-state index is 2.52. The molecule has 0 N–H and O–H groups in total. The van der Waals surface area contributed by atoms with Crippen LogP contribution in [0.5, 0.6) is 0 Å². The molecule has 0 heteroatoms. The van der Waals surface area contributed by atoms with Gasteiger partial charge in [0.25, 0.3) is 0 Å². The Bertz CT molecular complexity index is 245. The van der Waals surface area contributed by atoms with E-state index in [-0.39, 0.29) is 0 Å². The molecule has 0 aliphatic heterocycles. The van der Waals surface area contributed by atoms with E-state index in [1.807, 2.05) is 0 Å². The normalized spacial score (nSPS) is 26.3. The predicted octanol–water partition coefficient (Wildman–Crippen LogP) is 7.33. The Hall–Kier alpha value is 0. The molecular weight excluding hydrogens is 252 g/mol.